The zero-order chi connectivity index (χ0) is 24.9. The summed E-state index contributed by atoms with van der Waals surface area (Å²) in [5, 5.41) is 5.13. The van der Waals surface area contributed by atoms with Crippen molar-refractivity contribution in [2.45, 2.75) is 51.0 Å². The minimum atomic E-state index is -0.790. The standard InChI is InChI=1S/C26H28IN3O5/c1-16(26(32)34-3)35-23-20(27)13-17(14-22(23)33-2)15-28-30-24(18-9-5-4-6-10-18)29-21-12-8-7-11-19(21)25(30)31/h7-8,11-16,18H,4-6,9-10H2,1-3H3/t16-/m1/s1. The number of para-hydroxylation sites is 1. The first-order valence-corrected chi connectivity index (χ1v) is 12.7. The van der Waals surface area contributed by atoms with E-state index in [0.29, 0.717) is 28.2 Å². The summed E-state index contributed by atoms with van der Waals surface area (Å²) in [7, 11) is 2.84. The van der Waals surface area contributed by atoms with Crippen molar-refractivity contribution in [1.29, 1.82) is 0 Å². The van der Waals surface area contributed by atoms with Crippen molar-refractivity contribution in [2.75, 3.05) is 14.2 Å². The third kappa shape index (κ3) is 5.50. The van der Waals surface area contributed by atoms with E-state index in [4.69, 9.17) is 19.2 Å². The van der Waals surface area contributed by atoms with Gasteiger partial charge in [-0.3, -0.25) is 4.79 Å². The molecule has 1 aliphatic rings. The molecule has 35 heavy (non-hydrogen) atoms. The van der Waals surface area contributed by atoms with Crippen LogP contribution in [0.3, 0.4) is 0 Å². The molecule has 1 aromatic heterocycles. The molecule has 3 aromatic rings. The van der Waals surface area contributed by atoms with Gasteiger partial charge in [0.15, 0.2) is 17.6 Å². The lowest BCUT2D eigenvalue weighted by Gasteiger charge is -2.22. The van der Waals surface area contributed by atoms with Crippen LogP contribution in [0, 0.1) is 3.57 Å². The highest BCUT2D eigenvalue weighted by Crippen LogP contribution is 2.35. The van der Waals surface area contributed by atoms with E-state index in [2.05, 4.69) is 27.7 Å². The van der Waals surface area contributed by atoms with Gasteiger partial charge in [-0.25, -0.2) is 9.78 Å². The van der Waals surface area contributed by atoms with Gasteiger partial charge in [-0.05, 0) is 72.2 Å². The third-order valence-corrected chi connectivity index (χ3v) is 6.95. The summed E-state index contributed by atoms with van der Waals surface area (Å²) in [6, 6.07) is 11.0. The number of carbonyl (C=O) groups is 1. The number of methoxy groups -OCH3 is 2. The van der Waals surface area contributed by atoms with Gasteiger partial charge in [0, 0.05) is 5.92 Å². The molecule has 9 heteroatoms. The van der Waals surface area contributed by atoms with Crippen molar-refractivity contribution in [3.63, 3.8) is 0 Å². The number of rotatable bonds is 7. The van der Waals surface area contributed by atoms with Crippen LogP contribution < -0.4 is 15.0 Å². The van der Waals surface area contributed by atoms with Gasteiger partial charge in [-0.15, -0.1) is 0 Å². The number of hydrogen-bond acceptors (Lipinski definition) is 7. The van der Waals surface area contributed by atoms with Crippen LogP contribution in [0.5, 0.6) is 11.5 Å². The quantitative estimate of drug-likeness (QED) is 0.222. The molecular formula is C26H28IN3O5. The summed E-state index contributed by atoms with van der Waals surface area (Å²) in [6.45, 7) is 1.61. The zero-order valence-corrected chi connectivity index (χ0v) is 22.2. The maximum Gasteiger partial charge on any atom is 0.346 e. The van der Waals surface area contributed by atoms with Crippen molar-refractivity contribution >= 4 is 45.7 Å². The molecule has 1 aliphatic carbocycles. The second-order valence-electron chi connectivity index (χ2n) is 8.50. The lowest BCUT2D eigenvalue weighted by molar-refractivity contribution is -0.147. The first-order valence-electron chi connectivity index (χ1n) is 11.6. The summed E-state index contributed by atoms with van der Waals surface area (Å²) in [6.07, 6.45) is 6.28. The second-order valence-corrected chi connectivity index (χ2v) is 9.66. The summed E-state index contributed by atoms with van der Waals surface area (Å²) in [5.41, 5.74) is 1.24. The van der Waals surface area contributed by atoms with Gasteiger partial charge in [0.05, 0.1) is 34.9 Å². The third-order valence-electron chi connectivity index (χ3n) is 6.15. The Labute approximate surface area is 217 Å². The molecule has 184 valence electrons. The normalized spacial score (nSPS) is 15.3. The van der Waals surface area contributed by atoms with Crippen LogP contribution in [0.2, 0.25) is 0 Å². The maximum atomic E-state index is 13.4. The molecule has 0 radical (unpaired) electrons. The Morgan fingerprint density at radius 3 is 2.66 bits per heavy atom. The second kappa shape index (κ2) is 11.2. The van der Waals surface area contributed by atoms with Crippen LogP contribution >= 0.6 is 22.6 Å². The van der Waals surface area contributed by atoms with E-state index in [0.717, 1.165) is 34.8 Å². The molecule has 1 heterocycles. The largest absolute Gasteiger partial charge is 0.493 e. The smallest absolute Gasteiger partial charge is 0.346 e. The molecule has 0 aliphatic heterocycles. The predicted molar refractivity (Wildman–Crippen MR) is 143 cm³/mol. The fourth-order valence-electron chi connectivity index (χ4n) is 4.32. The Hall–Kier alpha value is -2.95. The van der Waals surface area contributed by atoms with Gasteiger partial charge in [0.1, 0.15) is 5.82 Å². The van der Waals surface area contributed by atoms with E-state index < -0.39 is 12.1 Å². The Balaban J connectivity index is 1.74. The average molecular weight is 589 g/mol. The molecule has 0 spiro atoms. The summed E-state index contributed by atoms with van der Waals surface area (Å²) in [4.78, 5) is 30.0. The Kier molecular flexibility index (Phi) is 8.04. The van der Waals surface area contributed by atoms with Crippen LogP contribution in [0.15, 0.2) is 46.3 Å². The number of nitrogens with zero attached hydrogens (tertiary/aromatic N) is 3. The highest BCUT2D eigenvalue weighted by Gasteiger charge is 2.23. The van der Waals surface area contributed by atoms with Crippen LogP contribution in [0.4, 0.5) is 0 Å². The Morgan fingerprint density at radius 2 is 1.94 bits per heavy atom. The molecule has 8 nitrogen and oxygen atoms in total. The monoisotopic (exact) mass is 589 g/mol. The highest BCUT2D eigenvalue weighted by molar-refractivity contribution is 14.1. The number of benzene rings is 2. The fourth-order valence-corrected chi connectivity index (χ4v) is 5.07. The van der Waals surface area contributed by atoms with Crippen LogP contribution in [0.25, 0.3) is 10.9 Å². The summed E-state index contributed by atoms with van der Waals surface area (Å²) in [5.74, 6) is 1.31. The highest BCUT2D eigenvalue weighted by atomic mass is 127. The zero-order valence-electron chi connectivity index (χ0n) is 20.0. The molecule has 0 N–H and O–H groups in total. The molecule has 1 saturated carbocycles. The first kappa shape index (κ1) is 25.2. The SMILES string of the molecule is COC(=O)[C@@H](C)Oc1c(I)cc(C=Nn2c(C3CCCCC3)nc3ccccc3c2=O)cc1OC. The predicted octanol–water partition coefficient (Wildman–Crippen LogP) is 4.88. The number of halogens is 1. The van der Waals surface area contributed by atoms with E-state index in [-0.39, 0.29) is 11.5 Å². The van der Waals surface area contributed by atoms with Gasteiger partial charge >= 0.3 is 5.97 Å². The molecule has 1 fully saturated rings. The number of aromatic nitrogens is 2. The van der Waals surface area contributed by atoms with Crippen molar-refractivity contribution in [1.82, 2.24) is 9.66 Å². The van der Waals surface area contributed by atoms with Gasteiger partial charge < -0.3 is 14.2 Å². The number of ether oxygens (including phenoxy) is 3. The molecule has 0 bridgehead atoms. The minimum absolute atomic E-state index is 0.180. The molecular weight excluding hydrogens is 561 g/mol. The van der Waals surface area contributed by atoms with Gasteiger partial charge in [-0.2, -0.15) is 9.78 Å². The summed E-state index contributed by atoms with van der Waals surface area (Å²) >= 11 is 2.12. The van der Waals surface area contributed by atoms with E-state index in [1.807, 2.05) is 24.3 Å². The Bertz CT molecular complexity index is 1310. The first-order chi connectivity index (χ1) is 16.9. The minimum Gasteiger partial charge on any atom is -0.493 e. The number of hydrogen-bond donors (Lipinski definition) is 0. The molecule has 1 atom stereocenters. The average Bonchev–Trinajstić information content (AvgIpc) is 2.89. The Morgan fingerprint density at radius 1 is 1.20 bits per heavy atom. The van der Waals surface area contributed by atoms with Gasteiger partial charge in [0.25, 0.3) is 5.56 Å². The summed E-state index contributed by atoms with van der Waals surface area (Å²) < 4.78 is 18.2. The van der Waals surface area contributed by atoms with Crippen molar-refractivity contribution in [3.05, 3.63) is 61.7 Å². The topological polar surface area (TPSA) is 92.0 Å². The lowest BCUT2D eigenvalue weighted by Crippen LogP contribution is -2.25. The number of fused-ring (bicyclic) bond motifs is 1. The number of carbonyl (C=O) groups excluding carboxylic acids is 1. The van der Waals surface area contributed by atoms with E-state index in [9.17, 15) is 9.59 Å². The molecule has 4 rings (SSSR count). The van der Waals surface area contributed by atoms with Gasteiger partial charge in [0.2, 0.25) is 0 Å². The van der Waals surface area contributed by atoms with E-state index >= 15 is 0 Å². The van der Waals surface area contributed by atoms with Crippen LogP contribution in [-0.4, -0.2) is 42.2 Å². The molecule has 0 unspecified atom stereocenters. The van der Waals surface area contributed by atoms with E-state index in [1.54, 1.807) is 25.3 Å². The van der Waals surface area contributed by atoms with E-state index in [1.165, 1.54) is 25.3 Å². The lowest BCUT2D eigenvalue weighted by atomic mass is 9.88. The molecule has 2 aromatic carbocycles. The van der Waals surface area contributed by atoms with Crippen molar-refractivity contribution in [2.24, 2.45) is 5.10 Å². The van der Waals surface area contributed by atoms with Crippen molar-refractivity contribution < 1.29 is 19.0 Å². The molecule has 0 amide bonds. The van der Waals surface area contributed by atoms with Crippen LogP contribution in [-0.2, 0) is 9.53 Å². The fraction of sp³-hybridized carbons (Fsp3) is 0.385. The van der Waals surface area contributed by atoms with Gasteiger partial charge in [-0.1, -0.05) is 31.4 Å². The van der Waals surface area contributed by atoms with Crippen LogP contribution in [0.1, 0.15) is 56.3 Å². The number of esters is 1. The van der Waals surface area contributed by atoms with Crippen molar-refractivity contribution in [3.8, 4) is 11.5 Å². The molecule has 0 saturated heterocycles. The maximum absolute atomic E-state index is 13.4.